The Labute approximate surface area is 183 Å². The van der Waals surface area contributed by atoms with Crippen LogP contribution in [0.2, 0.25) is 0 Å². The van der Waals surface area contributed by atoms with Gasteiger partial charge in [-0.3, -0.25) is 0 Å². The van der Waals surface area contributed by atoms with Crippen LogP contribution in [0.3, 0.4) is 0 Å². The lowest BCUT2D eigenvalue weighted by atomic mass is 10.0. The van der Waals surface area contributed by atoms with Gasteiger partial charge in [-0.15, -0.1) is 10.2 Å². The van der Waals surface area contributed by atoms with Gasteiger partial charge in [0.2, 0.25) is 0 Å². The van der Waals surface area contributed by atoms with E-state index < -0.39 is 0 Å². The molecule has 2 rings (SSSR count). The topological polar surface area (TPSA) is 30.7 Å². The maximum Gasteiger partial charge on any atom is 0.191 e. The lowest BCUT2D eigenvalue weighted by Gasteiger charge is -2.17. The fourth-order valence-corrected chi connectivity index (χ4v) is 4.92. The molecule has 0 aliphatic rings. The first kappa shape index (κ1) is 24.0. The molecule has 2 aromatic rings. The van der Waals surface area contributed by atoms with E-state index in [1.165, 1.54) is 89.0 Å². The van der Waals surface area contributed by atoms with Crippen molar-refractivity contribution in [2.45, 2.75) is 114 Å². The van der Waals surface area contributed by atoms with Gasteiger partial charge in [0.25, 0.3) is 0 Å². The molecule has 1 heterocycles. The fraction of sp³-hybridized carbons (Fsp3) is 0.680. The highest BCUT2D eigenvalue weighted by Crippen LogP contribution is 2.38. The standard InChI is InChI=1S/C25H41N3S/c1-3-5-7-8-9-10-11-12-13-17-20-24(23-18-15-14-16-19-23)29-25-27-26-22-28(25)21-6-4-2/h14-16,18-19,22,24H,3-13,17,20-21H2,1-2H3. The van der Waals surface area contributed by atoms with Gasteiger partial charge in [-0.2, -0.15) is 0 Å². The summed E-state index contributed by atoms with van der Waals surface area (Å²) in [4.78, 5) is 0. The van der Waals surface area contributed by atoms with Crippen LogP contribution in [0.25, 0.3) is 0 Å². The number of benzene rings is 1. The molecular weight excluding hydrogens is 374 g/mol. The number of nitrogens with zero attached hydrogens (tertiary/aromatic N) is 3. The SMILES string of the molecule is CCCCCCCCCCCCC(Sc1nncn1CCCC)c1ccccc1. The van der Waals surface area contributed by atoms with E-state index in [0.29, 0.717) is 5.25 Å². The predicted molar refractivity (Wildman–Crippen MR) is 126 cm³/mol. The molecule has 0 N–H and O–H groups in total. The summed E-state index contributed by atoms with van der Waals surface area (Å²) in [5.74, 6) is 0. The van der Waals surface area contributed by atoms with Crippen LogP contribution in [0.4, 0.5) is 0 Å². The molecule has 0 saturated carbocycles. The van der Waals surface area contributed by atoms with Crippen LogP contribution in [0.5, 0.6) is 0 Å². The van der Waals surface area contributed by atoms with Crippen molar-refractivity contribution in [3.63, 3.8) is 0 Å². The lowest BCUT2D eigenvalue weighted by molar-refractivity contribution is 0.547. The molecule has 0 saturated heterocycles. The summed E-state index contributed by atoms with van der Waals surface area (Å²) in [7, 11) is 0. The van der Waals surface area contributed by atoms with Crippen molar-refractivity contribution in [2.75, 3.05) is 0 Å². The van der Waals surface area contributed by atoms with Crippen molar-refractivity contribution in [3.8, 4) is 0 Å². The van der Waals surface area contributed by atoms with Crippen LogP contribution in [-0.4, -0.2) is 14.8 Å². The molecular formula is C25H41N3S. The first-order chi connectivity index (χ1) is 14.3. The van der Waals surface area contributed by atoms with Gasteiger partial charge in [-0.1, -0.05) is 127 Å². The zero-order valence-electron chi connectivity index (χ0n) is 18.7. The molecule has 29 heavy (non-hydrogen) atoms. The number of aromatic nitrogens is 3. The third-order valence-electron chi connectivity index (χ3n) is 5.57. The number of rotatable bonds is 17. The van der Waals surface area contributed by atoms with Crippen LogP contribution >= 0.6 is 11.8 Å². The van der Waals surface area contributed by atoms with E-state index in [9.17, 15) is 0 Å². The molecule has 0 aliphatic carbocycles. The maximum atomic E-state index is 4.41. The van der Waals surface area contributed by atoms with Gasteiger partial charge in [0.15, 0.2) is 5.16 Å². The van der Waals surface area contributed by atoms with Crippen LogP contribution < -0.4 is 0 Å². The fourth-order valence-electron chi connectivity index (χ4n) is 3.72. The number of unbranched alkanes of at least 4 members (excludes halogenated alkanes) is 10. The Kier molecular flexibility index (Phi) is 12.8. The average molecular weight is 416 g/mol. The zero-order valence-corrected chi connectivity index (χ0v) is 19.5. The molecule has 4 heteroatoms. The Hall–Kier alpha value is -1.29. The van der Waals surface area contributed by atoms with E-state index in [1.807, 2.05) is 18.1 Å². The minimum Gasteiger partial charge on any atom is -0.309 e. The van der Waals surface area contributed by atoms with E-state index in [1.54, 1.807) is 0 Å². The van der Waals surface area contributed by atoms with Crippen molar-refractivity contribution < 1.29 is 0 Å². The second-order valence-corrected chi connectivity index (χ2v) is 9.32. The quantitative estimate of drug-likeness (QED) is 0.192. The lowest BCUT2D eigenvalue weighted by Crippen LogP contribution is -2.01. The van der Waals surface area contributed by atoms with Gasteiger partial charge in [-0.05, 0) is 18.4 Å². The Bertz CT molecular complexity index is 626. The third kappa shape index (κ3) is 9.84. The Morgan fingerprint density at radius 2 is 1.41 bits per heavy atom. The van der Waals surface area contributed by atoms with Gasteiger partial charge < -0.3 is 4.57 Å². The van der Waals surface area contributed by atoms with E-state index in [-0.39, 0.29) is 0 Å². The molecule has 1 unspecified atom stereocenters. The van der Waals surface area contributed by atoms with Crippen molar-refractivity contribution >= 4 is 11.8 Å². The summed E-state index contributed by atoms with van der Waals surface area (Å²) < 4.78 is 2.22. The molecule has 0 amide bonds. The maximum absolute atomic E-state index is 4.41. The number of hydrogen-bond acceptors (Lipinski definition) is 3. The highest BCUT2D eigenvalue weighted by atomic mass is 32.2. The highest BCUT2D eigenvalue weighted by molar-refractivity contribution is 7.99. The molecule has 162 valence electrons. The van der Waals surface area contributed by atoms with Gasteiger partial charge in [0, 0.05) is 11.8 Å². The largest absolute Gasteiger partial charge is 0.309 e. The summed E-state index contributed by atoms with van der Waals surface area (Å²) >= 11 is 1.89. The van der Waals surface area contributed by atoms with Gasteiger partial charge >= 0.3 is 0 Å². The van der Waals surface area contributed by atoms with E-state index in [0.717, 1.165) is 11.7 Å². The molecule has 0 radical (unpaired) electrons. The first-order valence-electron chi connectivity index (χ1n) is 11.9. The normalized spacial score (nSPS) is 12.3. The Morgan fingerprint density at radius 1 is 0.793 bits per heavy atom. The molecule has 0 aliphatic heterocycles. The van der Waals surface area contributed by atoms with Crippen LogP contribution in [0.15, 0.2) is 41.8 Å². The second-order valence-electron chi connectivity index (χ2n) is 8.15. The summed E-state index contributed by atoms with van der Waals surface area (Å²) in [5, 5.41) is 10.1. The zero-order chi connectivity index (χ0) is 20.6. The van der Waals surface area contributed by atoms with Crippen molar-refractivity contribution in [1.29, 1.82) is 0 Å². The van der Waals surface area contributed by atoms with Crippen molar-refractivity contribution in [1.82, 2.24) is 14.8 Å². The minimum atomic E-state index is 0.467. The van der Waals surface area contributed by atoms with Crippen LogP contribution in [0, 0.1) is 0 Å². The molecule has 3 nitrogen and oxygen atoms in total. The number of hydrogen-bond donors (Lipinski definition) is 0. The van der Waals surface area contributed by atoms with Crippen molar-refractivity contribution in [3.05, 3.63) is 42.2 Å². The third-order valence-corrected chi connectivity index (χ3v) is 6.89. The average Bonchev–Trinajstić information content (AvgIpc) is 3.20. The summed E-state index contributed by atoms with van der Waals surface area (Å²) in [5.41, 5.74) is 1.42. The number of aryl methyl sites for hydroxylation is 1. The summed E-state index contributed by atoms with van der Waals surface area (Å²) in [6, 6.07) is 10.9. The van der Waals surface area contributed by atoms with Crippen LogP contribution in [-0.2, 0) is 6.54 Å². The first-order valence-corrected chi connectivity index (χ1v) is 12.8. The van der Waals surface area contributed by atoms with Gasteiger partial charge in [0.05, 0.1) is 0 Å². The predicted octanol–water partition coefficient (Wildman–Crippen LogP) is 8.22. The monoisotopic (exact) mass is 415 g/mol. The molecule has 1 aromatic carbocycles. The Balaban J connectivity index is 1.76. The number of thioether (sulfide) groups is 1. The summed E-state index contributed by atoms with van der Waals surface area (Å²) in [6.45, 7) is 5.54. The van der Waals surface area contributed by atoms with Crippen LogP contribution in [0.1, 0.15) is 108 Å². The van der Waals surface area contributed by atoms with E-state index in [2.05, 4.69) is 58.9 Å². The molecule has 0 fully saturated rings. The van der Waals surface area contributed by atoms with E-state index >= 15 is 0 Å². The Morgan fingerprint density at radius 3 is 2.07 bits per heavy atom. The van der Waals surface area contributed by atoms with Gasteiger partial charge in [0.1, 0.15) is 6.33 Å². The molecule has 0 spiro atoms. The highest BCUT2D eigenvalue weighted by Gasteiger charge is 2.16. The minimum absolute atomic E-state index is 0.467. The second kappa shape index (κ2) is 15.5. The smallest absolute Gasteiger partial charge is 0.191 e. The van der Waals surface area contributed by atoms with Gasteiger partial charge in [-0.25, -0.2) is 0 Å². The molecule has 1 atom stereocenters. The van der Waals surface area contributed by atoms with Crippen molar-refractivity contribution in [2.24, 2.45) is 0 Å². The van der Waals surface area contributed by atoms with E-state index in [4.69, 9.17) is 0 Å². The molecule has 1 aromatic heterocycles. The summed E-state index contributed by atoms with van der Waals surface area (Å²) in [6.07, 6.45) is 19.4. The molecule has 0 bridgehead atoms.